The van der Waals surface area contributed by atoms with Gasteiger partial charge in [0.25, 0.3) is 11.4 Å². The first-order valence-electron chi connectivity index (χ1n) is 6.84. The molecule has 1 aromatic carbocycles. The van der Waals surface area contributed by atoms with E-state index >= 15 is 0 Å². The van der Waals surface area contributed by atoms with Crippen LogP contribution in [0.1, 0.15) is 24.2 Å². The van der Waals surface area contributed by atoms with Crippen LogP contribution in [0.25, 0.3) is 0 Å². The van der Waals surface area contributed by atoms with Crippen molar-refractivity contribution in [3.05, 3.63) is 67.3 Å². The Balaban J connectivity index is 2.31. The molecule has 0 aromatic heterocycles. The van der Waals surface area contributed by atoms with Crippen LogP contribution in [-0.2, 0) is 9.63 Å². The molecule has 25 heavy (non-hydrogen) atoms. The minimum Gasteiger partial charge on any atom is -0.312 e. The summed E-state index contributed by atoms with van der Waals surface area (Å²) in [6.45, 7) is 3.14. The van der Waals surface area contributed by atoms with E-state index in [2.05, 4.69) is 5.16 Å². The Morgan fingerprint density at radius 1 is 1.08 bits per heavy atom. The molecule has 0 fully saturated rings. The molecule has 1 aliphatic rings. The molecule has 10 nitrogen and oxygen atoms in total. The van der Waals surface area contributed by atoms with Gasteiger partial charge in [0.15, 0.2) is 5.78 Å². The van der Waals surface area contributed by atoms with Crippen molar-refractivity contribution in [3.63, 3.8) is 0 Å². The summed E-state index contributed by atoms with van der Waals surface area (Å²) in [5.74, 6) is -1.35. The van der Waals surface area contributed by atoms with E-state index in [-0.39, 0.29) is 11.5 Å². The van der Waals surface area contributed by atoms with Crippen molar-refractivity contribution in [1.82, 2.24) is 0 Å². The monoisotopic (exact) mass is 345 g/mol. The van der Waals surface area contributed by atoms with Crippen LogP contribution in [0.2, 0.25) is 0 Å². The maximum Gasteiger partial charge on any atom is 0.372 e. The van der Waals surface area contributed by atoms with Crippen LogP contribution in [0.5, 0.6) is 0 Å². The number of nitro benzene ring substituents is 2. The van der Waals surface area contributed by atoms with Crippen molar-refractivity contribution in [2.24, 2.45) is 5.16 Å². The first-order valence-corrected chi connectivity index (χ1v) is 6.84. The molecule has 0 heterocycles. The topological polar surface area (TPSA) is 142 Å². The number of allylic oxidation sites excluding steroid dienone is 4. The SMILES string of the molecule is CC1=CC(=NOC(=O)c2ccc([N+](=O)[O-])cc2[N+](=O)[O-])C(C)=CC1=O. The molecule has 0 N–H and O–H groups in total. The first kappa shape index (κ1) is 17.7. The average Bonchev–Trinajstić information content (AvgIpc) is 2.55. The highest BCUT2D eigenvalue weighted by molar-refractivity contribution is 6.21. The van der Waals surface area contributed by atoms with Crippen LogP contribution in [0.3, 0.4) is 0 Å². The number of hydrogen-bond acceptors (Lipinski definition) is 8. The van der Waals surface area contributed by atoms with Gasteiger partial charge in [0.2, 0.25) is 0 Å². The molecule has 0 atom stereocenters. The number of nitrogens with zero attached hydrogens (tertiary/aromatic N) is 3. The van der Waals surface area contributed by atoms with E-state index < -0.39 is 32.8 Å². The Bertz CT molecular complexity index is 896. The lowest BCUT2D eigenvalue weighted by Gasteiger charge is -2.08. The van der Waals surface area contributed by atoms with E-state index in [0.29, 0.717) is 17.2 Å². The fourth-order valence-corrected chi connectivity index (χ4v) is 1.97. The first-order chi connectivity index (χ1) is 11.7. The molecule has 2 rings (SSSR count). The third kappa shape index (κ3) is 3.80. The zero-order valence-corrected chi connectivity index (χ0v) is 13.1. The van der Waals surface area contributed by atoms with Gasteiger partial charge < -0.3 is 4.84 Å². The summed E-state index contributed by atoms with van der Waals surface area (Å²) in [6, 6.07) is 2.54. The molecular formula is C15H11N3O7. The summed E-state index contributed by atoms with van der Waals surface area (Å²) in [5, 5.41) is 25.3. The molecule has 0 bridgehead atoms. The van der Waals surface area contributed by atoms with Crippen molar-refractivity contribution < 1.29 is 24.3 Å². The van der Waals surface area contributed by atoms with E-state index in [9.17, 15) is 29.8 Å². The van der Waals surface area contributed by atoms with Gasteiger partial charge >= 0.3 is 5.97 Å². The second-order valence-electron chi connectivity index (χ2n) is 5.09. The summed E-state index contributed by atoms with van der Waals surface area (Å²) in [4.78, 5) is 48.2. The average molecular weight is 345 g/mol. The van der Waals surface area contributed by atoms with Crippen molar-refractivity contribution in [1.29, 1.82) is 0 Å². The summed E-state index contributed by atoms with van der Waals surface area (Å²) in [7, 11) is 0. The summed E-state index contributed by atoms with van der Waals surface area (Å²) >= 11 is 0. The lowest BCUT2D eigenvalue weighted by Crippen LogP contribution is -2.12. The predicted molar refractivity (Wildman–Crippen MR) is 85.1 cm³/mol. The summed E-state index contributed by atoms with van der Waals surface area (Å²) in [5.41, 5.74) is -0.706. The lowest BCUT2D eigenvalue weighted by molar-refractivity contribution is -0.394. The fourth-order valence-electron chi connectivity index (χ4n) is 1.97. The number of hydrogen-bond donors (Lipinski definition) is 0. The Kier molecular flexibility index (Phi) is 4.82. The van der Waals surface area contributed by atoms with Crippen LogP contribution in [-0.4, -0.2) is 27.3 Å². The third-order valence-corrected chi connectivity index (χ3v) is 3.33. The number of carbonyl (C=O) groups is 2. The molecular weight excluding hydrogens is 334 g/mol. The minimum atomic E-state index is -1.15. The van der Waals surface area contributed by atoms with Crippen LogP contribution < -0.4 is 0 Å². The number of benzene rings is 1. The zero-order chi connectivity index (χ0) is 18.7. The van der Waals surface area contributed by atoms with Gasteiger partial charge in [-0.15, -0.1) is 0 Å². The van der Waals surface area contributed by atoms with E-state index in [1.807, 2.05) is 0 Å². The predicted octanol–water partition coefficient (Wildman–Crippen LogP) is 2.49. The highest BCUT2D eigenvalue weighted by atomic mass is 16.7. The van der Waals surface area contributed by atoms with Gasteiger partial charge in [-0.05, 0) is 43.2 Å². The van der Waals surface area contributed by atoms with Crippen LogP contribution in [0.15, 0.2) is 46.7 Å². The molecule has 0 saturated heterocycles. The molecule has 0 unspecified atom stereocenters. The second kappa shape index (κ2) is 6.83. The number of non-ortho nitro benzene ring substituents is 1. The van der Waals surface area contributed by atoms with Crippen molar-refractivity contribution >= 4 is 28.8 Å². The van der Waals surface area contributed by atoms with E-state index in [1.165, 1.54) is 12.2 Å². The maximum absolute atomic E-state index is 12.0. The second-order valence-corrected chi connectivity index (χ2v) is 5.09. The minimum absolute atomic E-state index is 0.200. The molecule has 1 aliphatic carbocycles. The van der Waals surface area contributed by atoms with Crippen molar-refractivity contribution in [2.75, 3.05) is 0 Å². The van der Waals surface area contributed by atoms with Crippen LogP contribution in [0.4, 0.5) is 11.4 Å². The standard InChI is InChI=1S/C15H11N3O7/c1-8-6-14(19)9(2)5-12(8)16-25-15(20)11-4-3-10(17(21)22)7-13(11)18(23)24/h3-7H,1-2H3. The zero-order valence-electron chi connectivity index (χ0n) is 13.1. The molecule has 0 spiro atoms. The fraction of sp³-hybridized carbons (Fsp3) is 0.133. The summed E-state index contributed by atoms with van der Waals surface area (Å²) < 4.78 is 0. The normalized spacial score (nSPS) is 15.4. The van der Waals surface area contributed by atoms with Crippen LogP contribution >= 0.6 is 0 Å². The quantitative estimate of drug-likeness (QED) is 0.353. The van der Waals surface area contributed by atoms with Gasteiger partial charge in [-0.2, -0.15) is 0 Å². The molecule has 1 aromatic rings. The largest absolute Gasteiger partial charge is 0.372 e. The van der Waals surface area contributed by atoms with E-state index in [1.54, 1.807) is 13.8 Å². The summed E-state index contributed by atoms with van der Waals surface area (Å²) in [6.07, 6.45) is 2.73. The number of oxime groups is 1. The Labute approximate surface area is 140 Å². The van der Waals surface area contributed by atoms with Gasteiger partial charge in [-0.3, -0.25) is 25.0 Å². The molecule has 0 radical (unpaired) electrons. The Hall–Kier alpha value is -3.69. The number of carbonyl (C=O) groups excluding carboxylic acids is 2. The number of ketones is 1. The van der Waals surface area contributed by atoms with Gasteiger partial charge in [0.05, 0.1) is 15.9 Å². The highest BCUT2D eigenvalue weighted by Crippen LogP contribution is 2.25. The van der Waals surface area contributed by atoms with Gasteiger partial charge in [-0.25, -0.2) is 4.79 Å². The Morgan fingerprint density at radius 2 is 1.76 bits per heavy atom. The van der Waals surface area contributed by atoms with Crippen molar-refractivity contribution in [2.45, 2.75) is 13.8 Å². The number of rotatable bonds is 4. The van der Waals surface area contributed by atoms with Gasteiger partial charge in [-0.1, -0.05) is 5.16 Å². The lowest BCUT2D eigenvalue weighted by atomic mass is 9.99. The van der Waals surface area contributed by atoms with E-state index in [4.69, 9.17) is 4.84 Å². The molecule has 0 saturated carbocycles. The van der Waals surface area contributed by atoms with Gasteiger partial charge in [0.1, 0.15) is 11.3 Å². The molecule has 0 aliphatic heterocycles. The Morgan fingerprint density at radius 3 is 2.36 bits per heavy atom. The third-order valence-electron chi connectivity index (χ3n) is 3.33. The number of nitro groups is 2. The highest BCUT2D eigenvalue weighted by Gasteiger charge is 2.25. The van der Waals surface area contributed by atoms with Crippen molar-refractivity contribution in [3.8, 4) is 0 Å². The van der Waals surface area contributed by atoms with E-state index in [0.717, 1.165) is 12.1 Å². The molecule has 128 valence electrons. The van der Waals surface area contributed by atoms with Gasteiger partial charge in [0, 0.05) is 6.07 Å². The van der Waals surface area contributed by atoms with Crippen LogP contribution in [0, 0.1) is 20.2 Å². The molecule has 0 amide bonds. The maximum atomic E-state index is 12.0. The molecule has 10 heteroatoms. The smallest absolute Gasteiger partial charge is 0.312 e.